The maximum Gasteiger partial charge on any atom is 0.251 e. The van der Waals surface area contributed by atoms with Crippen LogP contribution in [-0.2, 0) is 4.79 Å². The van der Waals surface area contributed by atoms with E-state index in [1.165, 1.54) is 23.8 Å². The third-order valence-corrected chi connectivity index (χ3v) is 4.75. The van der Waals surface area contributed by atoms with Gasteiger partial charge in [0.25, 0.3) is 5.91 Å². The Morgan fingerprint density at radius 2 is 2.04 bits per heavy atom. The Bertz CT molecular complexity index is 921. The second-order valence-electron chi connectivity index (χ2n) is 7.04. The van der Waals surface area contributed by atoms with E-state index in [0.717, 1.165) is 17.4 Å². The summed E-state index contributed by atoms with van der Waals surface area (Å²) in [5.74, 6) is 0.279. The number of aromatic hydroxyl groups is 1. The highest BCUT2D eigenvalue weighted by Gasteiger charge is 2.24. The molecule has 6 heteroatoms. The van der Waals surface area contributed by atoms with Crippen LogP contribution < -0.4 is 15.4 Å². The Hall–Kier alpha value is -3.28. The lowest BCUT2D eigenvalue weighted by Crippen LogP contribution is -2.32. The van der Waals surface area contributed by atoms with Crippen molar-refractivity contribution < 1.29 is 19.4 Å². The molecule has 0 fully saturated rings. The van der Waals surface area contributed by atoms with Crippen molar-refractivity contribution in [2.45, 2.75) is 32.2 Å². The van der Waals surface area contributed by atoms with Crippen LogP contribution in [0.25, 0.3) is 0 Å². The molecule has 2 aromatic rings. The van der Waals surface area contributed by atoms with E-state index in [2.05, 4.69) is 37.1 Å². The molecule has 1 aliphatic heterocycles. The fourth-order valence-corrected chi connectivity index (χ4v) is 3.12. The minimum absolute atomic E-state index is 0.121. The van der Waals surface area contributed by atoms with Crippen LogP contribution in [0.15, 0.2) is 49.1 Å². The van der Waals surface area contributed by atoms with Crippen LogP contribution in [0.2, 0.25) is 0 Å². The number of rotatable bonds is 5. The molecular weight excluding hydrogens is 356 g/mol. The summed E-state index contributed by atoms with van der Waals surface area (Å²) in [6.45, 7) is 8.14. The summed E-state index contributed by atoms with van der Waals surface area (Å²) in [5.41, 5.74) is 2.64. The molecule has 0 spiro atoms. The van der Waals surface area contributed by atoms with Gasteiger partial charge in [-0.3, -0.25) is 9.59 Å². The smallest absolute Gasteiger partial charge is 0.251 e. The van der Waals surface area contributed by atoms with Crippen molar-refractivity contribution in [3.63, 3.8) is 0 Å². The molecule has 1 heterocycles. The molecule has 3 rings (SSSR count). The topological polar surface area (TPSA) is 87.7 Å². The van der Waals surface area contributed by atoms with Gasteiger partial charge in [-0.05, 0) is 47.9 Å². The Kier molecular flexibility index (Phi) is 5.68. The van der Waals surface area contributed by atoms with E-state index in [0.29, 0.717) is 24.5 Å². The predicted molar refractivity (Wildman–Crippen MR) is 108 cm³/mol. The second kappa shape index (κ2) is 8.17. The number of ether oxygens (including phenoxy) is 1. The van der Waals surface area contributed by atoms with Crippen molar-refractivity contribution >= 4 is 17.5 Å². The first kappa shape index (κ1) is 19.5. The third kappa shape index (κ3) is 4.17. The number of fused-ring (bicyclic) bond motifs is 1. The Balaban J connectivity index is 1.83. The lowest BCUT2D eigenvalue weighted by atomic mass is 9.94. The van der Waals surface area contributed by atoms with Crippen molar-refractivity contribution in [2.24, 2.45) is 0 Å². The van der Waals surface area contributed by atoms with Crippen molar-refractivity contribution in [1.82, 2.24) is 5.32 Å². The molecule has 1 aliphatic rings. The molecule has 0 saturated carbocycles. The molecule has 0 bridgehead atoms. The van der Waals surface area contributed by atoms with Crippen molar-refractivity contribution in [2.75, 3.05) is 11.9 Å². The SMILES string of the molecule is C=CC(=O)Nc1cc(C(=O)N[C@@H]2CCOc3ccc(C(C)C)cc32)ccc1O. The van der Waals surface area contributed by atoms with Gasteiger partial charge in [0.05, 0.1) is 18.3 Å². The summed E-state index contributed by atoms with van der Waals surface area (Å²) >= 11 is 0. The first-order valence-electron chi connectivity index (χ1n) is 9.23. The number of amides is 2. The number of carbonyl (C=O) groups is 2. The molecule has 1 atom stereocenters. The van der Waals surface area contributed by atoms with Gasteiger partial charge in [-0.25, -0.2) is 0 Å². The van der Waals surface area contributed by atoms with E-state index in [1.807, 2.05) is 12.1 Å². The van der Waals surface area contributed by atoms with Crippen LogP contribution in [-0.4, -0.2) is 23.5 Å². The van der Waals surface area contributed by atoms with Crippen LogP contribution in [0.1, 0.15) is 53.7 Å². The lowest BCUT2D eigenvalue weighted by molar-refractivity contribution is -0.111. The number of carbonyl (C=O) groups excluding carboxylic acids is 2. The van der Waals surface area contributed by atoms with Gasteiger partial charge < -0.3 is 20.5 Å². The van der Waals surface area contributed by atoms with E-state index in [4.69, 9.17) is 4.74 Å². The van der Waals surface area contributed by atoms with Crippen LogP contribution in [0, 0.1) is 0 Å². The summed E-state index contributed by atoms with van der Waals surface area (Å²) in [6, 6.07) is 10.2. The molecule has 6 nitrogen and oxygen atoms in total. The highest BCUT2D eigenvalue weighted by atomic mass is 16.5. The number of benzene rings is 2. The van der Waals surface area contributed by atoms with E-state index in [-0.39, 0.29) is 23.4 Å². The number of hydrogen-bond acceptors (Lipinski definition) is 4. The molecule has 0 unspecified atom stereocenters. The first-order chi connectivity index (χ1) is 13.4. The molecule has 0 aliphatic carbocycles. The Morgan fingerprint density at radius 3 is 2.75 bits per heavy atom. The molecule has 0 saturated heterocycles. The molecule has 2 aromatic carbocycles. The monoisotopic (exact) mass is 380 g/mol. The van der Waals surface area contributed by atoms with E-state index in [9.17, 15) is 14.7 Å². The predicted octanol–water partition coefficient (Wildman–Crippen LogP) is 3.89. The largest absolute Gasteiger partial charge is 0.506 e. The van der Waals surface area contributed by atoms with Gasteiger partial charge in [-0.15, -0.1) is 0 Å². The summed E-state index contributed by atoms with van der Waals surface area (Å²) in [6.07, 6.45) is 1.76. The summed E-state index contributed by atoms with van der Waals surface area (Å²) < 4.78 is 5.73. The number of nitrogens with one attached hydrogen (secondary N) is 2. The van der Waals surface area contributed by atoms with Crippen LogP contribution in [0.3, 0.4) is 0 Å². The molecule has 0 aromatic heterocycles. The van der Waals surface area contributed by atoms with Gasteiger partial charge in [0.1, 0.15) is 11.5 Å². The minimum atomic E-state index is -0.465. The van der Waals surface area contributed by atoms with Crippen LogP contribution in [0.4, 0.5) is 5.69 Å². The average Bonchev–Trinajstić information content (AvgIpc) is 2.69. The van der Waals surface area contributed by atoms with Gasteiger partial charge in [-0.2, -0.15) is 0 Å². The molecule has 146 valence electrons. The molecule has 0 radical (unpaired) electrons. The molecule has 28 heavy (non-hydrogen) atoms. The normalized spacial score (nSPS) is 15.3. The summed E-state index contributed by atoms with van der Waals surface area (Å²) in [4.78, 5) is 24.3. The number of phenols is 1. The van der Waals surface area contributed by atoms with E-state index in [1.54, 1.807) is 0 Å². The van der Waals surface area contributed by atoms with Crippen molar-refractivity contribution in [3.8, 4) is 11.5 Å². The standard InChI is InChI=1S/C22H24N2O4/c1-4-21(26)23-18-12-15(5-7-19(18)25)22(27)24-17-9-10-28-20-8-6-14(13(2)3)11-16(17)20/h4-8,11-13,17,25H,1,9-10H2,2-3H3,(H,23,26)(H,24,27)/t17-/m1/s1. The highest BCUT2D eigenvalue weighted by molar-refractivity contribution is 6.02. The average molecular weight is 380 g/mol. The molecule has 3 N–H and O–H groups in total. The number of hydrogen-bond donors (Lipinski definition) is 3. The maximum absolute atomic E-state index is 12.8. The zero-order valence-corrected chi connectivity index (χ0v) is 16.0. The molecular formula is C22H24N2O4. The van der Waals surface area contributed by atoms with Gasteiger partial charge in [0, 0.05) is 17.5 Å². The van der Waals surface area contributed by atoms with E-state index < -0.39 is 5.91 Å². The summed E-state index contributed by atoms with van der Waals surface area (Å²) in [7, 11) is 0. The minimum Gasteiger partial charge on any atom is -0.506 e. The fourth-order valence-electron chi connectivity index (χ4n) is 3.12. The maximum atomic E-state index is 12.8. The van der Waals surface area contributed by atoms with Crippen molar-refractivity contribution in [1.29, 1.82) is 0 Å². The Morgan fingerprint density at radius 1 is 1.25 bits per heavy atom. The van der Waals surface area contributed by atoms with Gasteiger partial charge >= 0.3 is 0 Å². The summed E-state index contributed by atoms with van der Waals surface area (Å²) in [5, 5.41) is 15.4. The van der Waals surface area contributed by atoms with Crippen molar-refractivity contribution in [3.05, 3.63) is 65.7 Å². The second-order valence-corrected chi connectivity index (χ2v) is 7.04. The van der Waals surface area contributed by atoms with Gasteiger partial charge in [-0.1, -0.05) is 26.5 Å². The number of anilines is 1. The third-order valence-electron chi connectivity index (χ3n) is 4.75. The fraction of sp³-hybridized carbons (Fsp3) is 0.273. The van der Waals surface area contributed by atoms with Crippen LogP contribution in [0.5, 0.6) is 11.5 Å². The van der Waals surface area contributed by atoms with E-state index >= 15 is 0 Å². The zero-order valence-electron chi connectivity index (χ0n) is 16.0. The van der Waals surface area contributed by atoms with Crippen LogP contribution >= 0.6 is 0 Å². The van der Waals surface area contributed by atoms with Gasteiger partial charge in [0.15, 0.2) is 0 Å². The molecule has 2 amide bonds. The lowest BCUT2D eigenvalue weighted by Gasteiger charge is -2.28. The highest BCUT2D eigenvalue weighted by Crippen LogP contribution is 2.34. The Labute approximate surface area is 164 Å². The quantitative estimate of drug-likeness (QED) is 0.542. The zero-order chi connectivity index (χ0) is 20.3. The first-order valence-corrected chi connectivity index (χ1v) is 9.23. The number of phenolic OH excluding ortho intramolecular Hbond substituents is 1. The van der Waals surface area contributed by atoms with Gasteiger partial charge in [0.2, 0.25) is 5.91 Å².